The number of fused-ring (bicyclic) bond motifs is 1. The molecular formula is C15H11F2N3. The molecule has 100 valence electrons. The Balaban J connectivity index is 2.03. The molecule has 2 aromatic heterocycles. The quantitative estimate of drug-likeness (QED) is 0.711. The van der Waals surface area contributed by atoms with Crippen LogP contribution < -0.4 is 0 Å². The molecule has 1 saturated carbocycles. The first-order valence-electron chi connectivity index (χ1n) is 6.51. The van der Waals surface area contributed by atoms with Crippen molar-refractivity contribution in [3.63, 3.8) is 0 Å². The second-order valence-electron chi connectivity index (χ2n) is 5.09. The molecule has 0 spiro atoms. The zero-order chi connectivity index (χ0) is 13.7. The number of benzene rings is 1. The molecule has 0 aliphatic heterocycles. The van der Waals surface area contributed by atoms with Gasteiger partial charge in [-0.05, 0) is 31.0 Å². The van der Waals surface area contributed by atoms with Gasteiger partial charge in [0, 0.05) is 23.1 Å². The van der Waals surface area contributed by atoms with Crippen LogP contribution in [0.5, 0.6) is 0 Å². The van der Waals surface area contributed by atoms with Crippen LogP contribution in [0.2, 0.25) is 0 Å². The molecule has 1 aliphatic rings. The summed E-state index contributed by atoms with van der Waals surface area (Å²) in [6.45, 7) is 0. The molecule has 4 rings (SSSR count). The van der Waals surface area contributed by atoms with Gasteiger partial charge in [0.05, 0.1) is 23.6 Å². The Morgan fingerprint density at radius 1 is 1.05 bits per heavy atom. The predicted molar refractivity (Wildman–Crippen MR) is 71.2 cm³/mol. The molecule has 0 bridgehead atoms. The summed E-state index contributed by atoms with van der Waals surface area (Å²) in [6.07, 6.45) is 5.41. The number of hydrogen-bond acceptors (Lipinski definition) is 2. The van der Waals surface area contributed by atoms with E-state index in [4.69, 9.17) is 0 Å². The fourth-order valence-electron chi connectivity index (χ4n) is 2.61. The maximum Gasteiger partial charge on any atom is 0.160 e. The summed E-state index contributed by atoms with van der Waals surface area (Å²) in [6, 6.07) is 6.63. The van der Waals surface area contributed by atoms with Gasteiger partial charge >= 0.3 is 0 Å². The molecule has 20 heavy (non-hydrogen) atoms. The van der Waals surface area contributed by atoms with Crippen LogP contribution in [-0.2, 0) is 0 Å². The van der Waals surface area contributed by atoms with Gasteiger partial charge < -0.3 is 4.57 Å². The Bertz CT molecular complexity index is 792. The first-order valence-corrected chi connectivity index (χ1v) is 6.51. The van der Waals surface area contributed by atoms with E-state index in [1.54, 1.807) is 12.4 Å². The van der Waals surface area contributed by atoms with Gasteiger partial charge in [-0.25, -0.2) is 8.78 Å². The van der Waals surface area contributed by atoms with E-state index in [9.17, 15) is 8.78 Å². The molecule has 0 amide bonds. The molecule has 0 N–H and O–H groups in total. The molecule has 1 aromatic carbocycles. The summed E-state index contributed by atoms with van der Waals surface area (Å²) in [5, 5.41) is 8.35. The smallest absolute Gasteiger partial charge is 0.160 e. The van der Waals surface area contributed by atoms with Crippen LogP contribution in [0.25, 0.3) is 22.2 Å². The van der Waals surface area contributed by atoms with Gasteiger partial charge in [0.15, 0.2) is 11.6 Å². The van der Waals surface area contributed by atoms with E-state index < -0.39 is 11.6 Å². The molecule has 0 saturated heterocycles. The highest BCUT2D eigenvalue weighted by molar-refractivity contribution is 5.87. The first-order chi connectivity index (χ1) is 9.74. The molecule has 0 radical (unpaired) electrons. The summed E-state index contributed by atoms with van der Waals surface area (Å²) in [4.78, 5) is 0. The topological polar surface area (TPSA) is 30.7 Å². The van der Waals surface area contributed by atoms with Crippen molar-refractivity contribution in [3.05, 3.63) is 48.3 Å². The molecule has 0 atom stereocenters. The lowest BCUT2D eigenvalue weighted by Crippen LogP contribution is -1.97. The van der Waals surface area contributed by atoms with Crippen molar-refractivity contribution >= 4 is 10.9 Å². The third-order valence-corrected chi connectivity index (χ3v) is 3.67. The fourth-order valence-corrected chi connectivity index (χ4v) is 2.61. The second-order valence-corrected chi connectivity index (χ2v) is 5.09. The second kappa shape index (κ2) is 4.10. The molecule has 5 heteroatoms. The minimum Gasteiger partial charge on any atom is -0.337 e. The Kier molecular flexibility index (Phi) is 2.36. The van der Waals surface area contributed by atoms with Gasteiger partial charge in [0.2, 0.25) is 0 Å². The molecule has 1 fully saturated rings. The highest BCUT2D eigenvalue weighted by atomic mass is 19.2. The van der Waals surface area contributed by atoms with Gasteiger partial charge in [0.25, 0.3) is 0 Å². The SMILES string of the molecule is Fc1cc2cc(-c3ccnnc3)n(C3CC3)c2cc1F. The summed E-state index contributed by atoms with van der Waals surface area (Å²) in [7, 11) is 0. The number of nitrogens with zero attached hydrogens (tertiary/aromatic N) is 3. The van der Waals surface area contributed by atoms with Crippen molar-refractivity contribution in [1.82, 2.24) is 14.8 Å². The van der Waals surface area contributed by atoms with E-state index >= 15 is 0 Å². The van der Waals surface area contributed by atoms with Gasteiger partial charge in [-0.15, -0.1) is 0 Å². The Labute approximate surface area is 113 Å². The third-order valence-electron chi connectivity index (χ3n) is 3.67. The monoisotopic (exact) mass is 271 g/mol. The molecule has 2 heterocycles. The standard InChI is InChI=1S/C15H11F2N3/c16-12-5-10-6-14(9-3-4-18-19-8-9)20(11-1-2-11)15(10)7-13(12)17/h3-8,11H,1-2H2. The lowest BCUT2D eigenvalue weighted by molar-refractivity contribution is 0.510. The highest BCUT2D eigenvalue weighted by Crippen LogP contribution is 2.42. The average molecular weight is 271 g/mol. The van der Waals surface area contributed by atoms with Gasteiger partial charge in [-0.1, -0.05) is 0 Å². The van der Waals surface area contributed by atoms with Crippen molar-refractivity contribution in [3.8, 4) is 11.3 Å². The Morgan fingerprint density at radius 2 is 1.85 bits per heavy atom. The number of aromatic nitrogens is 3. The van der Waals surface area contributed by atoms with Gasteiger partial charge in [-0.2, -0.15) is 10.2 Å². The minimum atomic E-state index is -0.815. The van der Waals surface area contributed by atoms with Crippen molar-refractivity contribution in [2.24, 2.45) is 0 Å². The van der Waals surface area contributed by atoms with E-state index in [-0.39, 0.29) is 0 Å². The highest BCUT2D eigenvalue weighted by Gasteiger charge is 2.28. The van der Waals surface area contributed by atoms with Crippen molar-refractivity contribution in [2.75, 3.05) is 0 Å². The van der Waals surface area contributed by atoms with Gasteiger partial charge in [-0.3, -0.25) is 0 Å². The fraction of sp³-hybridized carbons (Fsp3) is 0.200. The molecule has 1 aliphatic carbocycles. The van der Waals surface area contributed by atoms with Crippen LogP contribution in [0.15, 0.2) is 36.7 Å². The number of halogens is 2. The number of hydrogen-bond donors (Lipinski definition) is 0. The van der Waals surface area contributed by atoms with E-state index in [2.05, 4.69) is 14.8 Å². The zero-order valence-corrected chi connectivity index (χ0v) is 10.6. The Morgan fingerprint density at radius 3 is 2.55 bits per heavy atom. The van der Waals surface area contributed by atoms with E-state index in [0.29, 0.717) is 11.4 Å². The van der Waals surface area contributed by atoms with E-state index in [0.717, 1.165) is 29.6 Å². The van der Waals surface area contributed by atoms with Crippen molar-refractivity contribution in [1.29, 1.82) is 0 Å². The summed E-state index contributed by atoms with van der Waals surface area (Å²) < 4.78 is 29.0. The average Bonchev–Trinajstić information content (AvgIpc) is 3.23. The largest absolute Gasteiger partial charge is 0.337 e. The summed E-state index contributed by atoms with van der Waals surface area (Å²) in [5.41, 5.74) is 2.57. The van der Waals surface area contributed by atoms with Crippen LogP contribution in [0.3, 0.4) is 0 Å². The number of rotatable bonds is 2. The zero-order valence-electron chi connectivity index (χ0n) is 10.6. The molecule has 0 unspecified atom stereocenters. The van der Waals surface area contributed by atoms with Crippen LogP contribution in [-0.4, -0.2) is 14.8 Å². The first kappa shape index (κ1) is 11.5. The molecule has 3 nitrogen and oxygen atoms in total. The summed E-state index contributed by atoms with van der Waals surface area (Å²) >= 11 is 0. The maximum absolute atomic E-state index is 13.5. The molecular weight excluding hydrogens is 260 g/mol. The van der Waals surface area contributed by atoms with Crippen LogP contribution in [0.4, 0.5) is 8.78 Å². The van der Waals surface area contributed by atoms with E-state index in [1.165, 1.54) is 12.1 Å². The molecule has 3 aromatic rings. The lowest BCUT2D eigenvalue weighted by atomic mass is 10.2. The predicted octanol–water partition coefficient (Wildman–Crippen LogP) is 3.71. The van der Waals surface area contributed by atoms with Crippen LogP contribution in [0.1, 0.15) is 18.9 Å². The van der Waals surface area contributed by atoms with Crippen LogP contribution >= 0.6 is 0 Å². The maximum atomic E-state index is 13.5. The van der Waals surface area contributed by atoms with Crippen molar-refractivity contribution < 1.29 is 8.78 Å². The normalized spacial score (nSPS) is 14.9. The Hall–Kier alpha value is -2.30. The van der Waals surface area contributed by atoms with Gasteiger partial charge in [0.1, 0.15) is 0 Å². The van der Waals surface area contributed by atoms with Crippen molar-refractivity contribution in [2.45, 2.75) is 18.9 Å². The van der Waals surface area contributed by atoms with E-state index in [1.807, 2.05) is 12.1 Å². The lowest BCUT2D eigenvalue weighted by Gasteiger charge is -2.09. The third kappa shape index (κ3) is 1.70. The van der Waals surface area contributed by atoms with Crippen LogP contribution in [0, 0.1) is 11.6 Å². The summed E-state index contributed by atoms with van der Waals surface area (Å²) in [5.74, 6) is -1.62. The minimum absolute atomic E-state index is 0.362.